The van der Waals surface area contributed by atoms with Gasteiger partial charge in [-0.15, -0.1) is 0 Å². The summed E-state index contributed by atoms with van der Waals surface area (Å²) in [6, 6.07) is 2.87. The second kappa shape index (κ2) is 5.05. The van der Waals surface area contributed by atoms with Crippen molar-refractivity contribution in [2.75, 3.05) is 0 Å². The number of nitrogens with one attached hydrogen (secondary N) is 1. The van der Waals surface area contributed by atoms with Gasteiger partial charge in [0.15, 0.2) is 0 Å². The first kappa shape index (κ1) is 12.2. The summed E-state index contributed by atoms with van der Waals surface area (Å²) in [5.41, 5.74) is 1.26. The molecule has 2 aromatic rings. The Labute approximate surface area is 120 Å². The largest absolute Gasteiger partial charge is 0.464 e. The zero-order valence-corrected chi connectivity index (χ0v) is 12.5. The van der Waals surface area contributed by atoms with Gasteiger partial charge in [0, 0.05) is 24.3 Å². The second-order valence-electron chi connectivity index (χ2n) is 4.81. The molecule has 1 N–H and O–H groups in total. The molecule has 0 spiro atoms. The van der Waals surface area contributed by atoms with Gasteiger partial charge in [0.2, 0.25) is 0 Å². The van der Waals surface area contributed by atoms with Crippen molar-refractivity contribution in [3.05, 3.63) is 39.1 Å². The average molecular weight is 357 g/mol. The molecule has 0 amide bonds. The van der Waals surface area contributed by atoms with Gasteiger partial charge in [-0.1, -0.05) is 0 Å². The van der Waals surface area contributed by atoms with Gasteiger partial charge in [-0.2, -0.15) is 5.10 Å². The van der Waals surface area contributed by atoms with Crippen molar-refractivity contribution < 1.29 is 4.42 Å². The summed E-state index contributed by atoms with van der Waals surface area (Å²) in [6.07, 6.45) is 6.50. The van der Waals surface area contributed by atoms with Gasteiger partial charge in [-0.25, -0.2) is 0 Å². The van der Waals surface area contributed by atoms with Crippen molar-refractivity contribution in [3.8, 4) is 0 Å². The smallest absolute Gasteiger partial charge is 0.125 e. The molecule has 1 fully saturated rings. The monoisotopic (exact) mass is 357 g/mol. The van der Waals surface area contributed by atoms with E-state index in [2.05, 4.69) is 39.1 Å². The molecule has 2 heterocycles. The summed E-state index contributed by atoms with van der Waals surface area (Å²) >= 11 is 2.26. The van der Waals surface area contributed by atoms with Gasteiger partial charge >= 0.3 is 0 Å². The lowest BCUT2D eigenvalue weighted by Crippen LogP contribution is -2.15. The lowest BCUT2D eigenvalue weighted by molar-refractivity contribution is 0.456. The minimum atomic E-state index is 0.702. The first-order chi connectivity index (χ1) is 8.70. The van der Waals surface area contributed by atoms with Crippen molar-refractivity contribution in [2.45, 2.75) is 38.9 Å². The van der Waals surface area contributed by atoms with Crippen LogP contribution in [0.2, 0.25) is 0 Å². The van der Waals surface area contributed by atoms with E-state index in [1.54, 1.807) is 0 Å². The quantitative estimate of drug-likeness (QED) is 0.837. The lowest BCUT2D eigenvalue weighted by Gasteiger charge is -1.99. The number of hydrogen-bond acceptors (Lipinski definition) is 3. The van der Waals surface area contributed by atoms with Crippen molar-refractivity contribution in [1.29, 1.82) is 0 Å². The standard InChI is InChI=1S/C13H16IN3O/c1-9-10(5-15-12-2-3-12)4-13(18-9)8-17-7-11(14)6-16-17/h4,6-7,12,15H,2-3,5,8H2,1H3. The first-order valence-corrected chi connectivity index (χ1v) is 7.28. The Kier molecular flexibility index (Phi) is 3.43. The van der Waals surface area contributed by atoms with E-state index in [0.29, 0.717) is 6.54 Å². The third-order valence-electron chi connectivity index (χ3n) is 3.15. The molecule has 0 aromatic carbocycles. The summed E-state index contributed by atoms with van der Waals surface area (Å²) in [5.74, 6) is 1.99. The van der Waals surface area contributed by atoms with E-state index >= 15 is 0 Å². The number of hydrogen-bond donors (Lipinski definition) is 1. The Hall–Kier alpha value is -0.820. The molecule has 18 heavy (non-hydrogen) atoms. The Bertz CT molecular complexity index is 542. The molecular formula is C13H16IN3O. The van der Waals surface area contributed by atoms with Crippen molar-refractivity contribution in [2.24, 2.45) is 0 Å². The maximum absolute atomic E-state index is 5.78. The molecule has 1 aliphatic carbocycles. The van der Waals surface area contributed by atoms with E-state index in [1.165, 1.54) is 18.4 Å². The highest BCUT2D eigenvalue weighted by Gasteiger charge is 2.20. The molecule has 5 heteroatoms. The predicted molar refractivity (Wildman–Crippen MR) is 77.4 cm³/mol. The number of rotatable bonds is 5. The van der Waals surface area contributed by atoms with E-state index < -0.39 is 0 Å². The van der Waals surface area contributed by atoms with E-state index in [4.69, 9.17) is 4.42 Å². The van der Waals surface area contributed by atoms with Crippen LogP contribution < -0.4 is 5.32 Å². The molecule has 0 radical (unpaired) electrons. The summed E-state index contributed by atoms with van der Waals surface area (Å²) in [4.78, 5) is 0. The maximum Gasteiger partial charge on any atom is 0.125 e. The molecule has 1 aliphatic rings. The van der Waals surface area contributed by atoms with Gasteiger partial charge in [-0.3, -0.25) is 4.68 Å². The molecule has 96 valence electrons. The summed E-state index contributed by atoms with van der Waals surface area (Å²) in [6.45, 7) is 3.64. The Morgan fingerprint density at radius 1 is 1.56 bits per heavy atom. The van der Waals surface area contributed by atoms with Crippen LogP contribution in [0.4, 0.5) is 0 Å². The maximum atomic E-state index is 5.78. The molecule has 2 aromatic heterocycles. The van der Waals surface area contributed by atoms with Crippen LogP contribution in [0.5, 0.6) is 0 Å². The fourth-order valence-corrected chi connectivity index (χ4v) is 2.41. The fraction of sp³-hybridized carbons (Fsp3) is 0.462. The zero-order valence-electron chi connectivity index (χ0n) is 10.3. The minimum absolute atomic E-state index is 0.702. The Morgan fingerprint density at radius 2 is 2.39 bits per heavy atom. The molecule has 0 saturated heterocycles. The molecule has 4 nitrogen and oxygen atoms in total. The Balaban J connectivity index is 1.66. The highest BCUT2D eigenvalue weighted by atomic mass is 127. The van der Waals surface area contributed by atoms with Crippen molar-refractivity contribution >= 4 is 22.6 Å². The van der Waals surface area contributed by atoms with Gasteiger partial charge in [-0.05, 0) is 48.4 Å². The van der Waals surface area contributed by atoms with Gasteiger partial charge in [0.25, 0.3) is 0 Å². The highest BCUT2D eigenvalue weighted by molar-refractivity contribution is 14.1. The number of furan rings is 1. The van der Waals surface area contributed by atoms with Gasteiger partial charge < -0.3 is 9.73 Å². The topological polar surface area (TPSA) is 43.0 Å². The normalized spacial score (nSPS) is 15.2. The molecule has 0 unspecified atom stereocenters. The van der Waals surface area contributed by atoms with E-state index in [0.717, 1.165) is 27.7 Å². The van der Waals surface area contributed by atoms with Crippen LogP contribution in [0.3, 0.4) is 0 Å². The van der Waals surface area contributed by atoms with Crippen LogP contribution in [-0.4, -0.2) is 15.8 Å². The van der Waals surface area contributed by atoms with Crippen LogP contribution in [-0.2, 0) is 13.1 Å². The van der Waals surface area contributed by atoms with Crippen LogP contribution in [0.15, 0.2) is 22.9 Å². The zero-order chi connectivity index (χ0) is 12.5. The lowest BCUT2D eigenvalue weighted by atomic mass is 10.2. The van der Waals surface area contributed by atoms with Crippen LogP contribution in [0.25, 0.3) is 0 Å². The summed E-state index contributed by atoms with van der Waals surface area (Å²) in [5, 5.41) is 7.78. The molecule has 1 saturated carbocycles. The Morgan fingerprint density at radius 3 is 3.06 bits per heavy atom. The SMILES string of the molecule is Cc1oc(Cn2cc(I)cn2)cc1CNC1CC1. The number of aromatic nitrogens is 2. The number of aryl methyl sites for hydroxylation is 1. The van der Waals surface area contributed by atoms with Gasteiger partial charge in [0.1, 0.15) is 11.5 Å². The van der Waals surface area contributed by atoms with E-state index in [9.17, 15) is 0 Å². The molecule has 0 atom stereocenters. The number of halogens is 1. The summed E-state index contributed by atoms with van der Waals surface area (Å²) < 4.78 is 8.82. The van der Waals surface area contributed by atoms with E-state index in [-0.39, 0.29) is 0 Å². The molecule has 3 rings (SSSR count). The first-order valence-electron chi connectivity index (χ1n) is 6.20. The molecular weight excluding hydrogens is 341 g/mol. The van der Waals surface area contributed by atoms with Crippen LogP contribution in [0, 0.1) is 10.5 Å². The van der Waals surface area contributed by atoms with Gasteiger partial charge in [0.05, 0.1) is 16.3 Å². The third kappa shape index (κ3) is 2.95. The summed E-state index contributed by atoms with van der Waals surface area (Å²) in [7, 11) is 0. The highest BCUT2D eigenvalue weighted by Crippen LogP contribution is 2.21. The predicted octanol–water partition coefficient (Wildman–Crippen LogP) is 2.69. The molecule has 0 aliphatic heterocycles. The molecule has 0 bridgehead atoms. The minimum Gasteiger partial charge on any atom is -0.464 e. The second-order valence-corrected chi connectivity index (χ2v) is 6.05. The van der Waals surface area contributed by atoms with E-state index in [1.807, 2.05) is 24.0 Å². The number of nitrogens with zero attached hydrogens (tertiary/aromatic N) is 2. The van der Waals surface area contributed by atoms with Crippen LogP contribution >= 0.6 is 22.6 Å². The third-order valence-corrected chi connectivity index (χ3v) is 3.71. The van der Waals surface area contributed by atoms with Crippen molar-refractivity contribution in [3.63, 3.8) is 0 Å². The average Bonchev–Trinajstić information content (AvgIpc) is 2.98. The van der Waals surface area contributed by atoms with Crippen LogP contribution in [0.1, 0.15) is 29.9 Å². The van der Waals surface area contributed by atoms with Crippen molar-refractivity contribution in [1.82, 2.24) is 15.1 Å². The fourth-order valence-electron chi connectivity index (χ4n) is 1.97.